The van der Waals surface area contributed by atoms with E-state index < -0.39 is 5.60 Å². The number of rotatable bonds is 6. The van der Waals surface area contributed by atoms with Crippen LogP contribution in [0.1, 0.15) is 32.8 Å². The minimum Gasteiger partial charge on any atom is -0.444 e. The van der Waals surface area contributed by atoms with E-state index in [4.69, 9.17) is 9.47 Å². The molecule has 1 fully saturated rings. The van der Waals surface area contributed by atoms with E-state index in [0.717, 1.165) is 13.0 Å². The fourth-order valence-electron chi connectivity index (χ4n) is 2.20. The molecule has 2 unspecified atom stereocenters. The maximum atomic E-state index is 11.5. The van der Waals surface area contributed by atoms with E-state index >= 15 is 0 Å². The van der Waals surface area contributed by atoms with Crippen LogP contribution >= 0.6 is 0 Å². The molecule has 1 aliphatic rings. The summed E-state index contributed by atoms with van der Waals surface area (Å²) in [5, 5.41) is 2.82. The van der Waals surface area contributed by atoms with Gasteiger partial charge in [-0.05, 0) is 44.6 Å². The average molecular weight is 291 g/mol. The lowest BCUT2D eigenvalue weighted by atomic mass is 10.2. The molecule has 116 valence electrons. The van der Waals surface area contributed by atoms with Crippen molar-refractivity contribution in [3.8, 4) is 0 Å². The number of hydrogen-bond donors (Lipinski definition) is 1. The van der Waals surface area contributed by atoms with Gasteiger partial charge in [0, 0.05) is 6.54 Å². The third-order valence-corrected chi connectivity index (χ3v) is 3.42. The summed E-state index contributed by atoms with van der Waals surface area (Å²) >= 11 is 0. The molecule has 4 heteroatoms. The molecule has 1 aliphatic carbocycles. The topological polar surface area (TPSA) is 47.6 Å². The van der Waals surface area contributed by atoms with Crippen LogP contribution in [0.4, 0.5) is 4.79 Å². The van der Waals surface area contributed by atoms with Gasteiger partial charge in [-0.3, -0.25) is 0 Å². The summed E-state index contributed by atoms with van der Waals surface area (Å²) in [5.41, 5.74) is 0.757. The molecule has 0 saturated heterocycles. The summed E-state index contributed by atoms with van der Waals surface area (Å²) in [4.78, 5) is 11.5. The van der Waals surface area contributed by atoms with Gasteiger partial charge in [0.15, 0.2) is 0 Å². The predicted octanol–water partition coefficient (Wildman–Crippen LogP) is 3.36. The van der Waals surface area contributed by atoms with Gasteiger partial charge in [0.05, 0.1) is 13.2 Å². The quantitative estimate of drug-likeness (QED) is 0.874. The lowest BCUT2D eigenvalue weighted by molar-refractivity contribution is 0.0521. The summed E-state index contributed by atoms with van der Waals surface area (Å²) < 4.78 is 10.9. The fourth-order valence-corrected chi connectivity index (χ4v) is 2.20. The Morgan fingerprint density at radius 2 is 1.95 bits per heavy atom. The Morgan fingerprint density at radius 1 is 1.24 bits per heavy atom. The number of ether oxygens (including phenoxy) is 2. The van der Waals surface area contributed by atoms with Crippen LogP contribution in [-0.4, -0.2) is 24.8 Å². The molecule has 1 amide bonds. The van der Waals surface area contributed by atoms with Crippen molar-refractivity contribution >= 4 is 6.09 Å². The van der Waals surface area contributed by atoms with Gasteiger partial charge in [-0.1, -0.05) is 30.3 Å². The zero-order valence-corrected chi connectivity index (χ0v) is 13.1. The number of carbonyl (C=O) groups is 1. The van der Waals surface area contributed by atoms with Crippen LogP contribution in [0, 0.1) is 11.8 Å². The molecule has 2 rings (SSSR count). The standard InChI is InChI=1S/C17H25NO3/c1-17(2,3)21-16(19)18-10-14-9-15(14)12-20-11-13-7-5-4-6-8-13/h4-8,14-15H,9-12H2,1-3H3,(H,18,19). The predicted molar refractivity (Wildman–Crippen MR) is 81.9 cm³/mol. The van der Waals surface area contributed by atoms with Crippen LogP contribution in [0.2, 0.25) is 0 Å². The molecule has 1 N–H and O–H groups in total. The van der Waals surface area contributed by atoms with E-state index in [-0.39, 0.29) is 6.09 Å². The van der Waals surface area contributed by atoms with E-state index in [1.807, 2.05) is 39.0 Å². The highest BCUT2D eigenvalue weighted by atomic mass is 16.6. The van der Waals surface area contributed by atoms with E-state index in [2.05, 4.69) is 17.4 Å². The van der Waals surface area contributed by atoms with Crippen molar-refractivity contribution in [1.82, 2.24) is 5.32 Å². The summed E-state index contributed by atoms with van der Waals surface area (Å²) in [7, 11) is 0. The van der Waals surface area contributed by atoms with E-state index in [9.17, 15) is 4.79 Å². The first kappa shape index (κ1) is 15.8. The number of amides is 1. The Hall–Kier alpha value is -1.55. The van der Waals surface area contributed by atoms with Crippen LogP contribution in [0.3, 0.4) is 0 Å². The normalized spacial score (nSPS) is 20.9. The van der Waals surface area contributed by atoms with Crippen molar-refractivity contribution < 1.29 is 14.3 Å². The Kier molecular flexibility index (Phi) is 5.23. The molecule has 0 aromatic heterocycles. The van der Waals surface area contributed by atoms with Crippen molar-refractivity contribution in [2.24, 2.45) is 11.8 Å². The largest absolute Gasteiger partial charge is 0.444 e. The van der Waals surface area contributed by atoms with Gasteiger partial charge in [-0.25, -0.2) is 4.79 Å². The molecule has 1 aromatic carbocycles. The summed E-state index contributed by atoms with van der Waals surface area (Å²) in [6.45, 7) is 7.69. The molecule has 0 bridgehead atoms. The van der Waals surface area contributed by atoms with Crippen molar-refractivity contribution in [2.45, 2.75) is 39.4 Å². The Labute approximate surface area is 126 Å². The van der Waals surface area contributed by atoms with Gasteiger partial charge in [0.25, 0.3) is 0 Å². The monoisotopic (exact) mass is 291 g/mol. The molecular weight excluding hydrogens is 266 g/mol. The molecule has 0 aliphatic heterocycles. The zero-order chi connectivity index (χ0) is 15.3. The van der Waals surface area contributed by atoms with Crippen molar-refractivity contribution in [3.05, 3.63) is 35.9 Å². The smallest absolute Gasteiger partial charge is 0.407 e. The maximum Gasteiger partial charge on any atom is 0.407 e. The van der Waals surface area contributed by atoms with E-state index in [0.29, 0.717) is 25.0 Å². The highest BCUT2D eigenvalue weighted by Gasteiger charge is 2.37. The number of alkyl carbamates (subject to hydrolysis) is 1. The number of hydrogen-bond acceptors (Lipinski definition) is 3. The van der Waals surface area contributed by atoms with Crippen LogP contribution in [0.5, 0.6) is 0 Å². The lowest BCUT2D eigenvalue weighted by Gasteiger charge is -2.19. The molecule has 1 aromatic rings. The second-order valence-electron chi connectivity index (χ2n) is 6.64. The summed E-state index contributed by atoms with van der Waals surface area (Å²) in [5.74, 6) is 1.08. The number of benzene rings is 1. The highest BCUT2D eigenvalue weighted by molar-refractivity contribution is 5.67. The van der Waals surface area contributed by atoms with Crippen LogP contribution in [0.15, 0.2) is 30.3 Å². The third kappa shape index (κ3) is 6.17. The van der Waals surface area contributed by atoms with E-state index in [1.54, 1.807) is 0 Å². The second-order valence-corrected chi connectivity index (χ2v) is 6.64. The Balaban J connectivity index is 1.55. The number of nitrogens with one attached hydrogen (secondary N) is 1. The lowest BCUT2D eigenvalue weighted by Crippen LogP contribution is -2.33. The van der Waals surface area contributed by atoms with Gasteiger partial charge in [-0.15, -0.1) is 0 Å². The number of carbonyl (C=O) groups excluding carboxylic acids is 1. The Morgan fingerprint density at radius 3 is 2.62 bits per heavy atom. The third-order valence-electron chi connectivity index (χ3n) is 3.42. The molecular formula is C17H25NO3. The van der Waals surface area contributed by atoms with Gasteiger partial charge < -0.3 is 14.8 Å². The minimum atomic E-state index is -0.439. The molecule has 21 heavy (non-hydrogen) atoms. The first-order valence-corrected chi connectivity index (χ1v) is 7.52. The average Bonchev–Trinajstić information content (AvgIpc) is 3.14. The fraction of sp³-hybridized carbons (Fsp3) is 0.588. The van der Waals surface area contributed by atoms with Crippen molar-refractivity contribution in [3.63, 3.8) is 0 Å². The minimum absolute atomic E-state index is 0.335. The van der Waals surface area contributed by atoms with Gasteiger partial charge in [0.1, 0.15) is 5.60 Å². The first-order valence-electron chi connectivity index (χ1n) is 7.52. The van der Waals surface area contributed by atoms with Crippen LogP contribution < -0.4 is 5.32 Å². The van der Waals surface area contributed by atoms with Crippen LogP contribution in [0.25, 0.3) is 0 Å². The maximum absolute atomic E-state index is 11.5. The van der Waals surface area contributed by atoms with Crippen molar-refractivity contribution in [1.29, 1.82) is 0 Å². The molecule has 2 atom stereocenters. The molecule has 4 nitrogen and oxygen atoms in total. The summed E-state index contributed by atoms with van der Waals surface area (Å²) in [6.07, 6.45) is 0.781. The molecule has 0 spiro atoms. The molecule has 0 heterocycles. The molecule has 1 saturated carbocycles. The summed E-state index contributed by atoms with van der Waals surface area (Å²) in [6, 6.07) is 10.2. The van der Waals surface area contributed by atoms with Gasteiger partial charge in [-0.2, -0.15) is 0 Å². The van der Waals surface area contributed by atoms with E-state index in [1.165, 1.54) is 5.56 Å². The van der Waals surface area contributed by atoms with Crippen LogP contribution in [-0.2, 0) is 16.1 Å². The second kappa shape index (κ2) is 6.94. The van der Waals surface area contributed by atoms with Gasteiger partial charge in [0.2, 0.25) is 0 Å². The highest BCUT2D eigenvalue weighted by Crippen LogP contribution is 2.38. The van der Waals surface area contributed by atoms with Gasteiger partial charge >= 0.3 is 6.09 Å². The first-order chi connectivity index (χ1) is 9.94. The Bertz CT molecular complexity index is 453. The zero-order valence-electron chi connectivity index (χ0n) is 13.1. The SMILES string of the molecule is CC(C)(C)OC(=O)NCC1CC1COCc1ccccc1. The van der Waals surface area contributed by atoms with Crippen molar-refractivity contribution in [2.75, 3.05) is 13.2 Å². The molecule has 0 radical (unpaired) electrons.